The Labute approximate surface area is 187 Å². The Bertz CT molecular complexity index is 1120. The van der Waals surface area contributed by atoms with Gasteiger partial charge in [-0.2, -0.15) is 17.6 Å². The monoisotopic (exact) mass is 492 g/mol. The van der Waals surface area contributed by atoms with Crippen molar-refractivity contribution in [2.24, 2.45) is 0 Å². The lowest BCUT2D eigenvalue weighted by molar-refractivity contribution is -0.159. The standard InChI is InChI=1S/C21H21F5N2O4S/c1-20(2)28(19(29)18(23)24)15(10-22)17(32-20)13-6-4-12(5-7-13)14-8-9-16(27-11-14)21(25,26)33(3,30)31/h4-9,11,15,17-18H,10H2,1-3H3/t15-,17-/m1/s1. The molecule has 1 aromatic carbocycles. The Morgan fingerprint density at radius 2 is 1.73 bits per heavy atom. The molecule has 180 valence electrons. The number of nitrogens with zero attached hydrogens (tertiary/aromatic N) is 2. The fourth-order valence-electron chi connectivity index (χ4n) is 3.75. The minimum Gasteiger partial charge on any atom is -0.346 e. The van der Waals surface area contributed by atoms with E-state index in [2.05, 4.69) is 4.98 Å². The van der Waals surface area contributed by atoms with Gasteiger partial charge < -0.3 is 9.64 Å². The molecular formula is C21H21F5N2O4S. The van der Waals surface area contributed by atoms with E-state index in [0.29, 0.717) is 27.8 Å². The van der Waals surface area contributed by atoms with Gasteiger partial charge >= 0.3 is 11.7 Å². The van der Waals surface area contributed by atoms with Crippen molar-refractivity contribution in [1.29, 1.82) is 0 Å². The zero-order valence-corrected chi connectivity index (χ0v) is 18.6. The third-order valence-corrected chi connectivity index (χ3v) is 6.50. The fourth-order valence-corrected chi connectivity index (χ4v) is 4.25. The van der Waals surface area contributed by atoms with Crippen LogP contribution >= 0.6 is 0 Å². The van der Waals surface area contributed by atoms with Crippen molar-refractivity contribution in [3.63, 3.8) is 0 Å². The highest BCUT2D eigenvalue weighted by atomic mass is 32.2. The first-order valence-corrected chi connectivity index (χ1v) is 11.6. The molecular weight excluding hydrogens is 471 g/mol. The second kappa shape index (κ2) is 8.64. The van der Waals surface area contributed by atoms with Gasteiger partial charge in [-0.05, 0) is 31.0 Å². The molecule has 0 bridgehead atoms. The second-order valence-corrected chi connectivity index (χ2v) is 10.1. The van der Waals surface area contributed by atoms with E-state index in [0.717, 1.165) is 12.3 Å². The summed E-state index contributed by atoms with van der Waals surface area (Å²) in [5.74, 6) is -1.53. The fraction of sp³-hybridized carbons (Fsp3) is 0.429. The predicted molar refractivity (Wildman–Crippen MR) is 109 cm³/mol. The van der Waals surface area contributed by atoms with Gasteiger partial charge in [0.15, 0.2) is 0 Å². The van der Waals surface area contributed by atoms with Crippen molar-refractivity contribution in [3.05, 3.63) is 53.9 Å². The average molecular weight is 492 g/mol. The smallest absolute Gasteiger partial charge is 0.346 e. The molecule has 0 N–H and O–H groups in total. The number of pyridine rings is 1. The molecule has 1 saturated heterocycles. The summed E-state index contributed by atoms with van der Waals surface area (Å²) in [6.07, 6.45) is -2.82. The van der Waals surface area contributed by atoms with E-state index in [1.165, 1.54) is 32.0 Å². The molecule has 3 rings (SSSR count). The van der Waals surface area contributed by atoms with Gasteiger partial charge in [0.05, 0.1) is 6.04 Å². The number of hydrogen-bond acceptors (Lipinski definition) is 5. The number of carbonyl (C=O) groups excluding carboxylic acids is 1. The summed E-state index contributed by atoms with van der Waals surface area (Å²) in [5, 5.41) is -4.13. The van der Waals surface area contributed by atoms with Gasteiger partial charge in [-0.25, -0.2) is 12.8 Å². The van der Waals surface area contributed by atoms with Crippen LogP contribution in [0.2, 0.25) is 0 Å². The molecule has 0 saturated carbocycles. The van der Waals surface area contributed by atoms with Crippen molar-refractivity contribution in [3.8, 4) is 11.1 Å². The maximum atomic E-state index is 13.9. The van der Waals surface area contributed by atoms with Crippen molar-refractivity contribution >= 4 is 15.7 Å². The molecule has 2 heterocycles. The van der Waals surface area contributed by atoms with Crippen LogP contribution < -0.4 is 0 Å². The first-order valence-electron chi connectivity index (χ1n) is 9.70. The zero-order chi connectivity index (χ0) is 24.8. The summed E-state index contributed by atoms with van der Waals surface area (Å²) in [7, 11) is -4.70. The molecule has 6 nitrogen and oxygen atoms in total. The van der Waals surface area contributed by atoms with Crippen LogP contribution in [0.4, 0.5) is 22.0 Å². The Kier molecular flexibility index (Phi) is 6.55. The van der Waals surface area contributed by atoms with Crippen LogP contribution in [-0.2, 0) is 24.6 Å². The van der Waals surface area contributed by atoms with Crippen molar-refractivity contribution in [2.45, 2.75) is 43.4 Å². The highest BCUT2D eigenvalue weighted by molar-refractivity contribution is 7.91. The lowest BCUT2D eigenvalue weighted by Crippen LogP contribution is -2.51. The summed E-state index contributed by atoms with van der Waals surface area (Å²) < 4.78 is 95.9. The van der Waals surface area contributed by atoms with Crippen molar-refractivity contribution < 1.29 is 39.9 Å². The Morgan fingerprint density at radius 1 is 1.15 bits per heavy atom. The number of rotatable bonds is 6. The van der Waals surface area contributed by atoms with Crippen LogP contribution in [-0.4, -0.2) is 55.3 Å². The summed E-state index contributed by atoms with van der Waals surface area (Å²) in [6.45, 7) is 1.68. The number of benzene rings is 1. The van der Waals surface area contributed by atoms with Crippen LogP contribution in [0.5, 0.6) is 0 Å². The predicted octanol–water partition coefficient (Wildman–Crippen LogP) is 4.08. The number of carbonyl (C=O) groups is 1. The molecule has 0 aliphatic carbocycles. The number of ether oxygens (including phenoxy) is 1. The molecule has 1 fully saturated rings. The van der Waals surface area contributed by atoms with Crippen molar-refractivity contribution in [1.82, 2.24) is 9.88 Å². The van der Waals surface area contributed by atoms with Crippen molar-refractivity contribution in [2.75, 3.05) is 12.9 Å². The first-order chi connectivity index (χ1) is 15.2. The largest absolute Gasteiger partial charge is 0.386 e. The average Bonchev–Trinajstić information content (AvgIpc) is 3.02. The van der Waals surface area contributed by atoms with Gasteiger partial charge in [-0.1, -0.05) is 30.3 Å². The summed E-state index contributed by atoms with van der Waals surface area (Å²) in [5.41, 5.74) is -1.03. The number of amides is 1. The molecule has 0 spiro atoms. The van der Waals surface area contributed by atoms with Gasteiger partial charge in [-0.15, -0.1) is 0 Å². The molecule has 2 atom stereocenters. The molecule has 2 aromatic rings. The topological polar surface area (TPSA) is 76.6 Å². The summed E-state index contributed by atoms with van der Waals surface area (Å²) >= 11 is 0. The van der Waals surface area contributed by atoms with Crippen LogP contribution in [0.3, 0.4) is 0 Å². The van der Waals surface area contributed by atoms with Gasteiger partial charge in [0.1, 0.15) is 24.2 Å². The molecule has 0 radical (unpaired) electrons. The lowest BCUT2D eigenvalue weighted by Gasteiger charge is -2.32. The maximum absolute atomic E-state index is 13.9. The number of alkyl halides is 5. The third-order valence-electron chi connectivity index (χ3n) is 5.36. The van der Waals surface area contributed by atoms with E-state index in [-0.39, 0.29) is 0 Å². The molecule has 1 amide bonds. The van der Waals surface area contributed by atoms with Gasteiger partial charge in [0.25, 0.3) is 5.91 Å². The third kappa shape index (κ3) is 4.58. The maximum Gasteiger partial charge on any atom is 0.386 e. The summed E-state index contributed by atoms with van der Waals surface area (Å²) in [6, 6.07) is 7.11. The minimum atomic E-state index is -4.70. The second-order valence-electron chi connectivity index (χ2n) is 8.06. The molecule has 1 aliphatic rings. The van der Waals surface area contributed by atoms with Gasteiger partial charge in [0.2, 0.25) is 9.84 Å². The number of aromatic nitrogens is 1. The molecule has 33 heavy (non-hydrogen) atoms. The van der Waals surface area contributed by atoms with Gasteiger partial charge in [-0.3, -0.25) is 9.78 Å². The van der Waals surface area contributed by atoms with E-state index in [1.54, 1.807) is 12.1 Å². The minimum absolute atomic E-state index is 0.402. The molecule has 0 unspecified atom stereocenters. The highest BCUT2D eigenvalue weighted by Crippen LogP contribution is 2.42. The van der Waals surface area contributed by atoms with E-state index in [9.17, 15) is 35.2 Å². The number of hydrogen-bond donors (Lipinski definition) is 0. The molecule has 1 aliphatic heterocycles. The quantitative estimate of drug-likeness (QED) is 0.568. The number of sulfone groups is 1. The van der Waals surface area contributed by atoms with Crippen LogP contribution in [0.1, 0.15) is 31.2 Å². The molecule has 12 heteroatoms. The first kappa shape index (κ1) is 25.0. The lowest BCUT2D eigenvalue weighted by atomic mass is 9.99. The highest BCUT2D eigenvalue weighted by Gasteiger charge is 2.52. The van der Waals surface area contributed by atoms with E-state index in [4.69, 9.17) is 4.74 Å². The van der Waals surface area contributed by atoms with Crippen LogP contribution in [0, 0.1) is 0 Å². The Morgan fingerprint density at radius 3 is 2.18 bits per heavy atom. The molecule has 1 aromatic heterocycles. The Balaban J connectivity index is 1.87. The van der Waals surface area contributed by atoms with E-state index >= 15 is 0 Å². The summed E-state index contributed by atoms with van der Waals surface area (Å²) in [4.78, 5) is 16.2. The Hall–Kier alpha value is -2.60. The zero-order valence-electron chi connectivity index (χ0n) is 17.8. The SMILES string of the molecule is CC1(C)O[C@H](c2ccc(-c3ccc(C(F)(F)S(C)(=O)=O)nc3)cc2)[C@@H](CF)N1C(=O)C(F)F. The van der Waals surface area contributed by atoms with Gasteiger partial charge in [0, 0.05) is 18.0 Å². The normalized spacial score (nSPS) is 20.9. The van der Waals surface area contributed by atoms with Crippen LogP contribution in [0.15, 0.2) is 42.6 Å². The van der Waals surface area contributed by atoms with E-state index in [1.807, 2.05) is 0 Å². The van der Waals surface area contributed by atoms with Crippen LogP contribution in [0.25, 0.3) is 11.1 Å². The number of halogens is 5. The van der Waals surface area contributed by atoms with E-state index < -0.39 is 57.7 Å².